The molecule has 0 amide bonds. The number of carbonyl (C=O) groups is 1. The summed E-state index contributed by atoms with van der Waals surface area (Å²) >= 11 is 0. The van der Waals surface area contributed by atoms with Gasteiger partial charge in [0.1, 0.15) is 5.54 Å². The van der Waals surface area contributed by atoms with E-state index >= 15 is 0 Å². The fourth-order valence-electron chi connectivity index (χ4n) is 2.07. The van der Waals surface area contributed by atoms with Gasteiger partial charge < -0.3 is 10.4 Å². The van der Waals surface area contributed by atoms with Crippen molar-refractivity contribution in [2.45, 2.75) is 45.6 Å². The van der Waals surface area contributed by atoms with E-state index in [4.69, 9.17) is 5.11 Å². The zero-order chi connectivity index (χ0) is 10.8. The second kappa shape index (κ2) is 4.30. The highest BCUT2D eigenvalue weighted by Gasteiger charge is 2.50. The van der Waals surface area contributed by atoms with Crippen LogP contribution < -0.4 is 5.32 Å². The van der Waals surface area contributed by atoms with Crippen molar-refractivity contribution in [2.75, 3.05) is 6.54 Å². The Morgan fingerprint density at radius 1 is 1.57 bits per heavy atom. The van der Waals surface area contributed by atoms with Crippen LogP contribution in [0.5, 0.6) is 0 Å². The summed E-state index contributed by atoms with van der Waals surface area (Å²) in [6, 6.07) is 0. The summed E-state index contributed by atoms with van der Waals surface area (Å²) in [6.07, 6.45) is 2.57. The summed E-state index contributed by atoms with van der Waals surface area (Å²) in [7, 11) is 0. The SMILES string of the molecule is CCCNC1(C(=O)O)CC(C(C)C)C1. The minimum absolute atomic E-state index is 0.579. The van der Waals surface area contributed by atoms with Gasteiger partial charge in [0.2, 0.25) is 0 Å². The maximum Gasteiger partial charge on any atom is 0.323 e. The van der Waals surface area contributed by atoms with E-state index in [1.807, 2.05) is 0 Å². The lowest BCUT2D eigenvalue weighted by molar-refractivity contribution is -0.152. The monoisotopic (exact) mass is 199 g/mol. The van der Waals surface area contributed by atoms with Gasteiger partial charge in [0.05, 0.1) is 0 Å². The third-order valence-corrected chi connectivity index (χ3v) is 3.29. The minimum Gasteiger partial charge on any atom is -0.480 e. The lowest BCUT2D eigenvalue weighted by atomic mass is 9.64. The van der Waals surface area contributed by atoms with Crippen molar-refractivity contribution in [3.63, 3.8) is 0 Å². The van der Waals surface area contributed by atoms with Crippen molar-refractivity contribution in [2.24, 2.45) is 11.8 Å². The molecule has 0 unspecified atom stereocenters. The Balaban J connectivity index is 2.49. The minimum atomic E-state index is -0.678. The molecule has 3 nitrogen and oxygen atoms in total. The van der Waals surface area contributed by atoms with Gasteiger partial charge in [-0.25, -0.2) is 0 Å². The molecule has 0 radical (unpaired) electrons. The van der Waals surface area contributed by atoms with Crippen molar-refractivity contribution in [3.8, 4) is 0 Å². The van der Waals surface area contributed by atoms with Crippen LogP contribution in [0.1, 0.15) is 40.0 Å². The summed E-state index contributed by atoms with van der Waals surface area (Å²) in [6.45, 7) is 7.19. The second-order valence-electron chi connectivity index (χ2n) is 4.73. The molecule has 0 spiro atoms. The Labute approximate surface area is 85.9 Å². The molecule has 0 aromatic rings. The van der Waals surface area contributed by atoms with E-state index < -0.39 is 11.5 Å². The average molecular weight is 199 g/mol. The molecule has 0 aromatic carbocycles. The van der Waals surface area contributed by atoms with Gasteiger partial charge in [-0.05, 0) is 37.6 Å². The highest BCUT2D eigenvalue weighted by atomic mass is 16.4. The summed E-state index contributed by atoms with van der Waals surface area (Å²) in [5.74, 6) is 0.504. The fraction of sp³-hybridized carbons (Fsp3) is 0.909. The van der Waals surface area contributed by atoms with Gasteiger partial charge in [-0.15, -0.1) is 0 Å². The fourth-order valence-corrected chi connectivity index (χ4v) is 2.07. The first-order chi connectivity index (χ1) is 6.52. The number of carboxylic acid groups (broad SMARTS) is 1. The average Bonchev–Trinajstić information content (AvgIpc) is 2.01. The van der Waals surface area contributed by atoms with Crippen LogP contribution in [0, 0.1) is 11.8 Å². The zero-order valence-corrected chi connectivity index (χ0v) is 9.34. The van der Waals surface area contributed by atoms with E-state index in [-0.39, 0.29) is 0 Å². The number of hydrogen-bond donors (Lipinski definition) is 2. The molecular weight excluding hydrogens is 178 g/mol. The molecule has 14 heavy (non-hydrogen) atoms. The van der Waals surface area contributed by atoms with Crippen LogP contribution in [-0.4, -0.2) is 23.2 Å². The van der Waals surface area contributed by atoms with Gasteiger partial charge in [0.15, 0.2) is 0 Å². The maximum atomic E-state index is 11.1. The molecule has 0 aliphatic heterocycles. The number of aliphatic carboxylic acids is 1. The number of rotatable bonds is 5. The van der Waals surface area contributed by atoms with Crippen LogP contribution in [0.3, 0.4) is 0 Å². The Kier molecular flexibility index (Phi) is 3.53. The van der Waals surface area contributed by atoms with Crippen molar-refractivity contribution < 1.29 is 9.90 Å². The van der Waals surface area contributed by atoms with Gasteiger partial charge in [-0.1, -0.05) is 20.8 Å². The summed E-state index contributed by atoms with van der Waals surface area (Å²) in [5, 5.41) is 12.3. The van der Waals surface area contributed by atoms with Crippen LogP contribution >= 0.6 is 0 Å². The molecule has 0 aromatic heterocycles. The van der Waals surface area contributed by atoms with Crippen LogP contribution in [0.2, 0.25) is 0 Å². The molecule has 82 valence electrons. The standard InChI is InChI=1S/C11H21NO2/c1-4-5-12-11(10(13)14)6-9(7-11)8(2)3/h8-9,12H,4-7H2,1-3H3,(H,13,14). The highest BCUT2D eigenvalue weighted by molar-refractivity contribution is 5.80. The third kappa shape index (κ3) is 2.08. The third-order valence-electron chi connectivity index (χ3n) is 3.29. The summed E-state index contributed by atoms with van der Waals surface area (Å²) < 4.78 is 0. The van der Waals surface area contributed by atoms with Crippen LogP contribution in [0.25, 0.3) is 0 Å². The first-order valence-corrected chi connectivity index (χ1v) is 5.50. The Morgan fingerprint density at radius 2 is 2.14 bits per heavy atom. The van der Waals surface area contributed by atoms with E-state index in [2.05, 4.69) is 26.1 Å². The largest absolute Gasteiger partial charge is 0.480 e. The Morgan fingerprint density at radius 3 is 2.50 bits per heavy atom. The molecule has 1 rings (SSSR count). The van der Waals surface area contributed by atoms with Crippen LogP contribution in [0.15, 0.2) is 0 Å². The van der Waals surface area contributed by atoms with E-state index in [0.717, 1.165) is 25.8 Å². The Bertz CT molecular complexity index is 207. The highest BCUT2D eigenvalue weighted by Crippen LogP contribution is 2.42. The van der Waals surface area contributed by atoms with Crippen molar-refractivity contribution >= 4 is 5.97 Å². The molecular formula is C11H21NO2. The first-order valence-electron chi connectivity index (χ1n) is 5.50. The number of carboxylic acids is 1. The molecule has 1 saturated carbocycles. The van der Waals surface area contributed by atoms with E-state index in [1.165, 1.54) is 0 Å². The lowest BCUT2D eigenvalue weighted by Crippen LogP contribution is -2.61. The smallest absolute Gasteiger partial charge is 0.323 e. The van der Waals surface area contributed by atoms with E-state index in [0.29, 0.717) is 11.8 Å². The molecule has 1 aliphatic carbocycles. The molecule has 1 aliphatic rings. The van der Waals surface area contributed by atoms with Gasteiger partial charge in [0.25, 0.3) is 0 Å². The molecule has 3 heteroatoms. The van der Waals surface area contributed by atoms with Crippen LogP contribution in [0.4, 0.5) is 0 Å². The summed E-state index contributed by atoms with van der Waals surface area (Å²) in [5.41, 5.74) is -0.606. The molecule has 0 bridgehead atoms. The molecule has 0 saturated heterocycles. The quantitative estimate of drug-likeness (QED) is 0.710. The zero-order valence-electron chi connectivity index (χ0n) is 9.34. The first kappa shape index (κ1) is 11.5. The van der Waals surface area contributed by atoms with Crippen LogP contribution in [-0.2, 0) is 4.79 Å². The van der Waals surface area contributed by atoms with Gasteiger partial charge in [0, 0.05) is 0 Å². The Hall–Kier alpha value is -0.570. The van der Waals surface area contributed by atoms with Crippen molar-refractivity contribution in [1.29, 1.82) is 0 Å². The summed E-state index contributed by atoms with van der Waals surface area (Å²) in [4.78, 5) is 11.1. The van der Waals surface area contributed by atoms with Crippen molar-refractivity contribution in [1.82, 2.24) is 5.32 Å². The predicted octanol–water partition coefficient (Wildman–Crippen LogP) is 1.88. The van der Waals surface area contributed by atoms with E-state index in [1.54, 1.807) is 0 Å². The number of nitrogens with one attached hydrogen (secondary N) is 1. The van der Waals surface area contributed by atoms with Gasteiger partial charge >= 0.3 is 5.97 Å². The molecule has 2 N–H and O–H groups in total. The van der Waals surface area contributed by atoms with E-state index in [9.17, 15) is 4.79 Å². The normalized spacial score (nSPS) is 31.6. The lowest BCUT2D eigenvalue weighted by Gasteiger charge is -2.47. The van der Waals surface area contributed by atoms with Gasteiger partial charge in [-0.3, -0.25) is 4.79 Å². The van der Waals surface area contributed by atoms with Gasteiger partial charge in [-0.2, -0.15) is 0 Å². The topological polar surface area (TPSA) is 49.3 Å². The predicted molar refractivity (Wildman–Crippen MR) is 56.2 cm³/mol. The van der Waals surface area contributed by atoms with Crippen molar-refractivity contribution in [3.05, 3.63) is 0 Å². The molecule has 0 atom stereocenters. The number of hydrogen-bond acceptors (Lipinski definition) is 2. The maximum absolute atomic E-state index is 11.1. The molecule has 0 heterocycles. The second-order valence-corrected chi connectivity index (χ2v) is 4.73. The molecule has 1 fully saturated rings.